The number of hydrazone groups is 1. The van der Waals surface area contributed by atoms with Crippen LogP contribution in [0.3, 0.4) is 0 Å². The lowest BCUT2D eigenvalue weighted by molar-refractivity contribution is -0.130. The summed E-state index contributed by atoms with van der Waals surface area (Å²) in [5.74, 6) is 0.312. The first-order valence-corrected chi connectivity index (χ1v) is 9.32. The van der Waals surface area contributed by atoms with E-state index in [1.165, 1.54) is 47.4 Å². The van der Waals surface area contributed by atoms with Crippen molar-refractivity contribution in [1.82, 2.24) is 14.1 Å². The van der Waals surface area contributed by atoms with Crippen molar-refractivity contribution in [3.63, 3.8) is 0 Å². The summed E-state index contributed by atoms with van der Waals surface area (Å²) in [5.41, 5.74) is -0.694. The number of methoxy groups -OCH3 is 3. The first-order chi connectivity index (χ1) is 14.7. The minimum Gasteiger partial charge on any atom is -0.494 e. The quantitative estimate of drug-likeness (QED) is 0.730. The highest BCUT2D eigenvalue weighted by atomic mass is 16.5. The van der Waals surface area contributed by atoms with Gasteiger partial charge < -0.3 is 19.3 Å². The fraction of sp³-hybridized carbons (Fsp3) is 0.400. The first-order valence-electron chi connectivity index (χ1n) is 9.32. The topological polar surface area (TPSA) is 125 Å². The molecule has 0 radical (unpaired) electrons. The summed E-state index contributed by atoms with van der Waals surface area (Å²) < 4.78 is 18.0. The van der Waals surface area contributed by atoms with E-state index in [-0.39, 0.29) is 23.6 Å². The molecule has 3 rings (SSSR count). The summed E-state index contributed by atoms with van der Waals surface area (Å²) in [6.45, 7) is 1.34. The molecule has 0 bridgehead atoms. The van der Waals surface area contributed by atoms with Gasteiger partial charge in [0.05, 0.1) is 33.1 Å². The smallest absolute Gasteiger partial charge is 0.333 e. The molecule has 166 valence electrons. The van der Waals surface area contributed by atoms with Crippen molar-refractivity contribution in [2.24, 2.45) is 19.2 Å². The van der Waals surface area contributed by atoms with Crippen molar-refractivity contribution in [3.8, 4) is 23.1 Å². The third kappa shape index (κ3) is 3.51. The van der Waals surface area contributed by atoms with Gasteiger partial charge in [0.15, 0.2) is 11.5 Å². The molecule has 1 amide bonds. The van der Waals surface area contributed by atoms with Crippen LogP contribution in [-0.2, 0) is 18.9 Å². The minimum atomic E-state index is -0.701. The van der Waals surface area contributed by atoms with Gasteiger partial charge in [0.1, 0.15) is 5.56 Å². The zero-order valence-corrected chi connectivity index (χ0v) is 18.1. The van der Waals surface area contributed by atoms with E-state index in [2.05, 4.69) is 5.10 Å². The second-order valence-electron chi connectivity index (χ2n) is 6.99. The van der Waals surface area contributed by atoms with E-state index in [0.29, 0.717) is 22.8 Å². The monoisotopic (exact) mass is 432 g/mol. The second kappa shape index (κ2) is 8.17. The van der Waals surface area contributed by atoms with Crippen LogP contribution in [0.1, 0.15) is 30.5 Å². The van der Waals surface area contributed by atoms with E-state index in [4.69, 9.17) is 14.2 Å². The molecule has 31 heavy (non-hydrogen) atoms. The van der Waals surface area contributed by atoms with Crippen LogP contribution in [0.5, 0.6) is 23.1 Å². The molecule has 0 fully saturated rings. The van der Waals surface area contributed by atoms with Crippen LogP contribution in [-0.4, -0.2) is 52.2 Å². The van der Waals surface area contributed by atoms with Gasteiger partial charge in [-0.25, -0.2) is 9.80 Å². The van der Waals surface area contributed by atoms with Crippen LogP contribution in [0.4, 0.5) is 0 Å². The number of aromatic hydroxyl groups is 1. The molecule has 1 N–H and O–H groups in total. The number of aromatic nitrogens is 2. The van der Waals surface area contributed by atoms with E-state index in [1.54, 1.807) is 12.1 Å². The fourth-order valence-corrected chi connectivity index (χ4v) is 3.59. The zero-order chi connectivity index (χ0) is 23.0. The van der Waals surface area contributed by atoms with E-state index in [1.807, 2.05) is 0 Å². The van der Waals surface area contributed by atoms with Gasteiger partial charge in [0.25, 0.3) is 5.56 Å². The van der Waals surface area contributed by atoms with Crippen molar-refractivity contribution in [2.75, 3.05) is 21.3 Å². The largest absolute Gasteiger partial charge is 0.494 e. The van der Waals surface area contributed by atoms with Crippen LogP contribution in [0, 0.1) is 0 Å². The molecule has 1 aliphatic heterocycles. The molecule has 1 aliphatic rings. The Hall–Kier alpha value is -3.76. The lowest BCUT2D eigenvalue weighted by Gasteiger charge is -2.22. The Balaban J connectivity index is 2.16. The molecule has 2 heterocycles. The van der Waals surface area contributed by atoms with E-state index in [0.717, 1.165) is 9.13 Å². The summed E-state index contributed by atoms with van der Waals surface area (Å²) in [7, 11) is 7.09. The molecule has 0 spiro atoms. The normalized spacial score (nSPS) is 15.6. The van der Waals surface area contributed by atoms with Crippen LogP contribution in [0.15, 0.2) is 26.8 Å². The number of hydrogen-bond acceptors (Lipinski definition) is 8. The van der Waals surface area contributed by atoms with Gasteiger partial charge in [-0.15, -0.1) is 0 Å². The highest BCUT2D eigenvalue weighted by Gasteiger charge is 2.35. The van der Waals surface area contributed by atoms with E-state index < -0.39 is 23.2 Å². The van der Waals surface area contributed by atoms with Crippen LogP contribution in [0.25, 0.3) is 0 Å². The predicted molar refractivity (Wildman–Crippen MR) is 111 cm³/mol. The lowest BCUT2D eigenvalue weighted by atomic mass is 9.98. The average Bonchev–Trinajstić information content (AvgIpc) is 3.20. The van der Waals surface area contributed by atoms with Gasteiger partial charge in [-0.1, -0.05) is 0 Å². The van der Waals surface area contributed by atoms with Crippen LogP contribution in [0.2, 0.25) is 0 Å². The molecule has 1 atom stereocenters. The number of benzene rings is 1. The molecule has 0 saturated carbocycles. The summed E-state index contributed by atoms with van der Waals surface area (Å²) in [6.07, 6.45) is 0.124. The average molecular weight is 432 g/mol. The maximum absolute atomic E-state index is 12.7. The molecule has 2 aromatic rings. The number of carbonyl (C=O) groups is 1. The predicted octanol–water partition coefficient (Wildman–Crippen LogP) is 0.513. The molecule has 0 aliphatic carbocycles. The van der Waals surface area contributed by atoms with Crippen molar-refractivity contribution < 1.29 is 24.1 Å². The summed E-state index contributed by atoms with van der Waals surface area (Å²) in [6, 6.07) is 2.79. The number of amides is 1. The standard InChI is InChI=1S/C20H24N4O7/c1-10(25)24-13(11-7-14(29-4)17(31-6)15(8-11)30-5)9-12(21-24)16-18(26)22(2)20(28)23(3)19(16)27/h7-8,13,26H,9H2,1-6H3/t13-/m0/s1. The molecular weight excluding hydrogens is 408 g/mol. The van der Waals surface area contributed by atoms with Crippen LogP contribution >= 0.6 is 0 Å². The van der Waals surface area contributed by atoms with Crippen molar-refractivity contribution in [2.45, 2.75) is 19.4 Å². The third-order valence-electron chi connectivity index (χ3n) is 5.23. The van der Waals surface area contributed by atoms with Crippen LogP contribution < -0.4 is 25.5 Å². The SMILES string of the molecule is COc1cc([C@@H]2CC(c3c(O)n(C)c(=O)n(C)c3=O)=NN2C(C)=O)cc(OC)c1OC. The number of nitrogens with zero attached hydrogens (tertiary/aromatic N) is 4. The number of ether oxygens (including phenoxy) is 3. The molecule has 0 unspecified atom stereocenters. The van der Waals surface area contributed by atoms with Gasteiger partial charge in [0.2, 0.25) is 17.5 Å². The maximum atomic E-state index is 12.7. The van der Waals surface area contributed by atoms with Gasteiger partial charge in [0, 0.05) is 27.4 Å². The van der Waals surface area contributed by atoms with Crippen molar-refractivity contribution >= 4 is 11.6 Å². The lowest BCUT2D eigenvalue weighted by Crippen LogP contribution is -2.39. The third-order valence-corrected chi connectivity index (χ3v) is 5.23. The summed E-state index contributed by atoms with van der Waals surface area (Å²) >= 11 is 0. The van der Waals surface area contributed by atoms with E-state index in [9.17, 15) is 19.5 Å². The Labute approximate surface area is 177 Å². The van der Waals surface area contributed by atoms with Gasteiger partial charge in [-0.2, -0.15) is 5.10 Å². The first kappa shape index (κ1) is 21.9. The highest BCUT2D eigenvalue weighted by molar-refractivity contribution is 6.04. The van der Waals surface area contributed by atoms with Gasteiger partial charge >= 0.3 is 5.69 Å². The van der Waals surface area contributed by atoms with Crippen molar-refractivity contribution in [3.05, 3.63) is 44.1 Å². The number of rotatable bonds is 5. The fourth-order valence-electron chi connectivity index (χ4n) is 3.59. The molecule has 1 aromatic heterocycles. The number of hydrogen-bond donors (Lipinski definition) is 1. The summed E-state index contributed by atoms with van der Waals surface area (Å²) in [5, 5.41) is 16.0. The zero-order valence-electron chi connectivity index (χ0n) is 18.1. The van der Waals surface area contributed by atoms with Crippen molar-refractivity contribution in [1.29, 1.82) is 0 Å². The molecular formula is C20H24N4O7. The Morgan fingerprint density at radius 2 is 1.65 bits per heavy atom. The Morgan fingerprint density at radius 1 is 1.06 bits per heavy atom. The highest BCUT2D eigenvalue weighted by Crippen LogP contribution is 2.43. The Morgan fingerprint density at radius 3 is 2.13 bits per heavy atom. The van der Waals surface area contributed by atoms with E-state index >= 15 is 0 Å². The molecule has 11 nitrogen and oxygen atoms in total. The Bertz CT molecular complexity index is 1170. The van der Waals surface area contributed by atoms with Gasteiger partial charge in [-0.3, -0.25) is 18.7 Å². The second-order valence-corrected chi connectivity index (χ2v) is 6.99. The molecule has 11 heteroatoms. The summed E-state index contributed by atoms with van der Waals surface area (Å²) in [4.78, 5) is 37.1. The maximum Gasteiger partial charge on any atom is 0.333 e. The molecule has 0 saturated heterocycles. The van der Waals surface area contributed by atoms with Gasteiger partial charge in [-0.05, 0) is 17.7 Å². The number of carbonyl (C=O) groups excluding carboxylic acids is 1. The Kier molecular flexibility index (Phi) is 5.78. The minimum absolute atomic E-state index is 0.124. The molecule has 1 aromatic carbocycles.